The molecule has 12 nitrogen and oxygen atoms in total. The van der Waals surface area contributed by atoms with Gasteiger partial charge in [-0.15, -0.1) is 0 Å². The van der Waals surface area contributed by atoms with Crippen molar-refractivity contribution in [1.29, 1.82) is 0 Å². The number of nitrogens with one attached hydrogen (secondary N) is 1. The lowest BCUT2D eigenvalue weighted by Gasteiger charge is -2.17. The van der Waals surface area contributed by atoms with Gasteiger partial charge in [0.25, 0.3) is 0 Å². The molecule has 1 fully saturated rings. The number of carbonyl (C=O) groups is 2. The highest BCUT2D eigenvalue weighted by molar-refractivity contribution is 7.99. The number of aliphatic hydroxyl groups is 2. The van der Waals surface area contributed by atoms with Crippen LogP contribution < -0.4 is 11.1 Å². The van der Waals surface area contributed by atoms with E-state index in [1.165, 1.54) is 29.0 Å². The Labute approximate surface area is 188 Å². The van der Waals surface area contributed by atoms with Gasteiger partial charge in [0.05, 0.1) is 12.4 Å². The predicted octanol–water partition coefficient (Wildman–Crippen LogP) is -0.233. The van der Waals surface area contributed by atoms with Crippen LogP contribution in [0.25, 0.3) is 11.2 Å². The Balaban J connectivity index is 1.54. The number of aliphatic hydroxyl groups excluding tert-OH is 2. The van der Waals surface area contributed by atoms with E-state index in [2.05, 4.69) is 20.3 Å². The molecule has 0 aliphatic carbocycles. The molecule has 176 valence electrons. The molecule has 2 aromatic heterocycles. The minimum absolute atomic E-state index is 0.134. The Kier molecular flexibility index (Phi) is 7.87. The summed E-state index contributed by atoms with van der Waals surface area (Å²) in [6.45, 7) is 3.77. The molecule has 2 aromatic rings. The molecular weight excluding hydrogens is 440 g/mol. The highest BCUT2D eigenvalue weighted by Crippen LogP contribution is 2.33. The molecule has 1 aliphatic rings. The Morgan fingerprint density at radius 3 is 2.72 bits per heavy atom. The Hall–Kier alpha value is -2.48. The number of hydrogen-bond acceptors (Lipinski definition) is 10. The minimum Gasteiger partial charge on any atom is -0.480 e. The Morgan fingerprint density at radius 1 is 1.28 bits per heavy atom. The number of anilines is 1. The number of aromatic nitrogens is 4. The fourth-order valence-corrected chi connectivity index (χ4v) is 4.51. The van der Waals surface area contributed by atoms with E-state index in [0.717, 1.165) is 0 Å². The highest BCUT2D eigenvalue weighted by Gasteiger charge is 2.44. The number of fused-ring (bicyclic) bond motifs is 1. The van der Waals surface area contributed by atoms with E-state index < -0.39 is 36.6 Å². The van der Waals surface area contributed by atoms with Gasteiger partial charge in [-0.2, -0.15) is 11.8 Å². The molecule has 13 heteroatoms. The smallest absolute Gasteiger partial charge is 0.326 e. The number of carboxylic acid groups (broad SMARTS) is 1. The molecule has 32 heavy (non-hydrogen) atoms. The fraction of sp³-hybridized carbons (Fsp3) is 0.632. The van der Waals surface area contributed by atoms with E-state index in [4.69, 9.17) is 10.5 Å². The van der Waals surface area contributed by atoms with Crippen LogP contribution in [0.5, 0.6) is 0 Å². The fourth-order valence-electron chi connectivity index (χ4n) is 3.44. The number of amides is 1. The van der Waals surface area contributed by atoms with Crippen LogP contribution in [0.2, 0.25) is 0 Å². The van der Waals surface area contributed by atoms with Crippen molar-refractivity contribution < 1.29 is 29.6 Å². The van der Waals surface area contributed by atoms with Crippen LogP contribution >= 0.6 is 11.8 Å². The Bertz CT molecular complexity index is 956. The van der Waals surface area contributed by atoms with E-state index in [1.807, 2.05) is 13.8 Å². The molecule has 3 rings (SSSR count). The molecule has 0 aromatic carbocycles. The van der Waals surface area contributed by atoms with E-state index in [1.54, 1.807) is 0 Å². The van der Waals surface area contributed by atoms with Crippen molar-refractivity contribution in [3.8, 4) is 0 Å². The number of nitrogen functional groups attached to an aromatic ring is 1. The summed E-state index contributed by atoms with van der Waals surface area (Å²) in [4.78, 5) is 35.4. The van der Waals surface area contributed by atoms with E-state index in [-0.39, 0.29) is 30.5 Å². The molecule has 0 saturated carbocycles. The third-order valence-corrected chi connectivity index (χ3v) is 6.15. The molecule has 0 radical (unpaired) electrons. The van der Waals surface area contributed by atoms with Crippen LogP contribution in [0.1, 0.15) is 32.9 Å². The molecule has 0 unspecified atom stereocenters. The van der Waals surface area contributed by atoms with Gasteiger partial charge in [0.2, 0.25) is 5.91 Å². The van der Waals surface area contributed by atoms with Gasteiger partial charge in [-0.05, 0) is 18.1 Å². The number of nitrogens with zero attached hydrogens (tertiary/aromatic N) is 4. The average molecular weight is 469 g/mol. The normalized spacial score (nSPS) is 24.2. The monoisotopic (exact) mass is 468 g/mol. The largest absolute Gasteiger partial charge is 0.480 e. The molecule has 0 spiro atoms. The van der Waals surface area contributed by atoms with Gasteiger partial charge in [0.1, 0.15) is 30.1 Å². The molecule has 1 saturated heterocycles. The number of nitrogens with two attached hydrogens (primary N) is 1. The van der Waals surface area contributed by atoms with Gasteiger partial charge >= 0.3 is 5.97 Å². The molecule has 5 atom stereocenters. The van der Waals surface area contributed by atoms with Crippen molar-refractivity contribution in [2.24, 2.45) is 5.92 Å². The predicted molar refractivity (Wildman–Crippen MR) is 117 cm³/mol. The van der Waals surface area contributed by atoms with Crippen LogP contribution in [-0.4, -0.2) is 82.6 Å². The average Bonchev–Trinajstić information content (AvgIpc) is 3.26. The first-order chi connectivity index (χ1) is 15.2. The van der Waals surface area contributed by atoms with E-state index >= 15 is 0 Å². The maximum absolute atomic E-state index is 11.9. The van der Waals surface area contributed by atoms with Crippen LogP contribution in [0.15, 0.2) is 12.7 Å². The zero-order valence-electron chi connectivity index (χ0n) is 17.8. The number of thioether (sulfide) groups is 1. The van der Waals surface area contributed by atoms with Gasteiger partial charge in [-0.3, -0.25) is 9.36 Å². The summed E-state index contributed by atoms with van der Waals surface area (Å²) in [7, 11) is 0. The summed E-state index contributed by atoms with van der Waals surface area (Å²) in [6, 6.07) is -0.982. The second-order valence-electron chi connectivity index (χ2n) is 8.05. The maximum atomic E-state index is 11.9. The topological polar surface area (TPSA) is 186 Å². The third kappa shape index (κ3) is 5.46. The van der Waals surface area contributed by atoms with Crippen LogP contribution in [0.4, 0.5) is 5.82 Å². The summed E-state index contributed by atoms with van der Waals surface area (Å²) in [5.41, 5.74) is 6.54. The van der Waals surface area contributed by atoms with Crippen molar-refractivity contribution in [3.05, 3.63) is 12.7 Å². The second-order valence-corrected chi connectivity index (χ2v) is 9.20. The number of ether oxygens (including phenoxy) is 1. The van der Waals surface area contributed by atoms with Gasteiger partial charge in [-0.1, -0.05) is 13.8 Å². The lowest BCUT2D eigenvalue weighted by molar-refractivity contribution is -0.142. The van der Waals surface area contributed by atoms with Crippen molar-refractivity contribution in [2.75, 3.05) is 17.2 Å². The SMILES string of the molecule is CC(C)CC(=O)N[C@@H](CCSC[C@H]1O[C@@H](n2cnc3c(N)ncnc32)[C@H](O)[C@@H]1O)C(=O)O. The van der Waals surface area contributed by atoms with E-state index in [0.29, 0.717) is 22.7 Å². The standard InChI is InChI=1S/C19H28N6O6S/c1-9(2)5-12(26)24-10(19(29)30)3-4-32-6-11-14(27)15(28)18(31-11)25-8-23-13-16(20)21-7-22-17(13)25/h7-11,14-15,18,27-28H,3-6H2,1-2H3,(H,24,26)(H,29,30)(H2,20,21,22)/t10-,11+,14+,15+,18+/m0/s1. The summed E-state index contributed by atoms with van der Waals surface area (Å²) in [5.74, 6) is -0.315. The van der Waals surface area contributed by atoms with Crippen LogP contribution in [0, 0.1) is 5.92 Å². The number of carboxylic acids is 1. The number of hydrogen-bond donors (Lipinski definition) is 5. The third-order valence-electron chi connectivity index (χ3n) is 5.06. The first-order valence-corrected chi connectivity index (χ1v) is 11.4. The van der Waals surface area contributed by atoms with Gasteiger partial charge < -0.3 is 31.1 Å². The first-order valence-electron chi connectivity index (χ1n) is 10.2. The molecule has 0 bridgehead atoms. The molecular formula is C19H28N6O6S. The van der Waals surface area contributed by atoms with Crippen molar-refractivity contribution in [1.82, 2.24) is 24.8 Å². The molecule has 6 N–H and O–H groups in total. The maximum Gasteiger partial charge on any atom is 0.326 e. The summed E-state index contributed by atoms with van der Waals surface area (Å²) in [5, 5.41) is 32.8. The van der Waals surface area contributed by atoms with Gasteiger partial charge in [0, 0.05) is 12.2 Å². The number of imidazole rings is 1. The molecule has 3 heterocycles. The second kappa shape index (κ2) is 10.4. The molecule has 1 amide bonds. The quantitative estimate of drug-likeness (QED) is 0.290. The number of carbonyl (C=O) groups excluding carboxylic acids is 1. The summed E-state index contributed by atoms with van der Waals surface area (Å²) in [6.07, 6.45) is -0.768. The minimum atomic E-state index is -1.21. The van der Waals surface area contributed by atoms with Gasteiger partial charge in [-0.25, -0.2) is 19.7 Å². The van der Waals surface area contributed by atoms with Crippen LogP contribution in [0.3, 0.4) is 0 Å². The van der Waals surface area contributed by atoms with Gasteiger partial charge in [0.15, 0.2) is 17.7 Å². The van der Waals surface area contributed by atoms with Crippen molar-refractivity contribution in [3.63, 3.8) is 0 Å². The van der Waals surface area contributed by atoms with Crippen LogP contribution in [-0.2, 0) is 14.3 Å². The van der Waals surface area contributed by atoms with E-state index in [9.17, 15) is 24.9 Å². The molecule has 1 aliphatic heterocycles. The lowest BCUT2D eigenvalue weighted by Crippen LogP contribution is -2.41. The van der Waals surface area contributed by atoms with Crippen molar-refractivity contribution in [2.45, 2.75) is 57.3 Å². The summed E-state index contributed by atoms with van der Waals surface area (Å²) >= 11 is 1.37. The lowest BCUT2D eigenvalue weighted by atomic mass is 10.1. The Morgan fingerprint density at radius 2 is 2.03 bits per heavy atom. The zero-order chi connectivity index (χ0) is 23.4. The summed E-state index contributed by atoms with van der Waals surface area (Å²) < 4.78 is 7.35. The number of aliphatic carboxylic acids is 1. The zero-order valence-corrected chi connectivity index (χ0v) is 18.6. The highest BCUT2D eigenvalue weighted by atomic mass is 32.2. The first kappa shape index (κ1) is 24.2. The van der Waals surface area contributed by atoms with Crippen molar-refractivity contribution >= 4 is 40.6 Å². The number of rotatable bonds is 10.